The maximum Gasteiger partial charge on any atom is 0.408 e. The lowest BCUT2D eigenvalue weighted by Gasteiger charge is -2.22. The molecule has 30 heavy (non-hydrogen) atoms. The molecule has 3 aromatic rings. The van der Waals surface area contributed by atoms with Crippen LogP contribution in [0.5, 0.6) is 0 Å². The average Bonchev–Trinajstić information content (AvgIpc) is 3.15. The number of benzene rings is 2. The predicted octanol–water partition coefficient (Wildman–Crippen LogP) is 1.26. The van der Waals surface area contributed by atoms with Crippen LogP contribution < -0.4 is 15.7 Å². The number of fused-ring (bicyclic) bond motifs is 1. The number of alkyl carbamates (subject to hydrolysis) is 1. The molecule has 3 rings (SSSR count). The number of carbonyl (C=O) groups is 3. The van der Waals surface area contributed by atoms with Crippen LogP contribution in [0.25, 0.3) is 10.9 Å². The third-order valence-electron chi connectivity index (χ3n) is 4.64. The van der Waals surface area contributed by atoms with E-state index in [4.69, 9.17) is 4.74 Å². The van der Waals surface area contributed by atoms with Crippen molar-refractivity contribution in [1.82, 2.24) is 15.6 Å². The van der Waals surface area contributed by atoms with Gasteiger partial charge in [0.05, 0.1) is 12.0 Å². The summed E-state index contributed by atoms with van der Waals surface area (Å²) in [6, 6.07) is 14.3. The first kappa shape index (κ1) is 20.9. The lowest BCUT2D eigenvalue weighted by Crippen LogP contribution is -2.54. The average molecular weight is 408 g/mol. The molecule has 0 spiro atoms. The lowest BCUT2D eigenvalue weighted by atomic mass is 10.0. The Bertz CT molecular complexity index is 1030. The summed E-state index contributed by atoms with van der Waals surface area (Å²) in [5.41, 5.74) is 2.41. The lowest BCUT2D eigenvalue weighted by molar-refractivity contribution is -0.308. The zero-order valence-corrected chi connectivity index (χ0v) is 16.4. The molecule has 2 amide bonds. The minimum absolute atomic E-state index is 0.0449. The van der Waals surface area contributed by atoms with Crippen LogP contribution in [0.15, 0.2) is 60.8 Å². The number of aromatic amines is 1. The second kappa shape index (κ2) is 9.60. The second-order valence-corrected chi connectivity index (χ2v) is 6.87. The van der Waals surface area contributed by atoms with Crippen molar-refractivity contribution >= 4 is 28.9 Å². The fraction of sp³-hybridized carbons (Fsp3) is 0.227. The molecule has 8 nitrogen and oxygen atoms in total. The van der Waals surface area contributed by atoms with Crippen LogP contribution in [0.2, 0.25) is 0 Å². The standard InChI is InChI=1S/C22H23N3O5/c1-14(24-22(29)30-13-15-7-3-2-4-8-15)20(26)25-19(21(27)28)11-16-12-23-18-10-6-5-9-17(16)18/h2-10,12,14,19,23H,11,13H2,1H3,(H,24,29)(H,25,26)(H,27,28)/p-1/t14-,19-/m0/s1. The molecule has 0 radical (unpaired) electrons. The van der Waals surface area contributed by atoms with Gasteiger partial charge >= 0.3 is 6.09 Å². The molecule has 2 atom stereocenters. The van der Waals surface area contributed by atoms with Crippen molar-refractivity contribution in [2.24, 2.45) is 0 Å². The minimum Gasteiger partial charge on any atom is -0.548 e. The number of amides is 2. The smallest absolute Gasteiger partial charge is 0.408 e. The number of hydrogen-bond acceptors (Lipinski definition) is 5. The van der Waals surface area contributed by atoms with Crippen LogP contribution in [0.3, 0.4) is 0 Å². The van der Waals surface area contributed by atoms with E-state index in [1.807, 2.05) is 42.5 Å². The Morgan fingerprint density at radius 1 is 1.03 bits per heavy atom. The van der Waals surface area contributed by atoms with E-state index in [-0.39, 0.29) is 13.0 Å². The number of para-hydroxylation sites is 1. The number of ether oxygens (including phenoxy) is 1. The topological polar surface area (TPSA) is 123 Å². The number of rotatable bonds is 8. The van der Waals surface area contributed by atoms with Gasteiger partial charge in [-0.05, 0) is 24.1 Å². The highest BCUT2D eigenvalue weighted by Crippen LogP contribution is 2.19. The van der Waals surface area contributed by atoms with Gasteiger partial charge in [0.25, 0.3) is 0 Å². The van der Waals surface area contributed by atoms with Gasteiger partial charge in [0, 0.05) is 23.5 Å². The van der Waals surface area contributed by atoms with Crippen molar-refractivity contribution in [2.45, 2.75) is 32.0 Å². The maximum atomic E-state index is 12.4. The van der Waals surface area contributed by atoms with Gasteiger partial charge in [-0.25, -0.2) is 4.79 Å². The normalized spacial score (nSPS) is 12.7. The van der Waals surface area contributed by atoms with Gasteiger partial charge in [-0.15, -0.1) is 0 Å². The molecule has 0 saturated carbocycles. The summed E-state index contributed by atoms with van der Waals surface area (Å²) in [6.07, 6.45) is 0.974. The van der Waals surface area contributed by atoms with Gasteiger partial charge in [0.1, 0.15) is 12.6 Å². The Morgan fingerprint density at radius 3 is 2.47 bits per heavy atom. The Morgan fingerprint density at radius 2 is 1.73 bits per heavy atom. The summed E-state index contributed by atoms with van der Waals surface area (Å²) in [4.78, 5) is 38.9. The van der Waals surface area contributed by atoms with E-state index in [1.54, 1.807) is 18.3 Å². The Labute approximate surface area is 173 Å². The molecule has 0 aliphatic heterocycles. The van der Waals surface area contributed by atoms with E-state index in [2.05, 4.69) is 15.6 Å². The highest BCUT2D eigenvalue weighted by molar-refractivity contribution is 5.89. The molecule has 1 heterocycles. The second-order valence-electron chi connectivity index (χ2n) is 6.87. The maximum absolute atomic E-state index is 12.4. The van der Waals surface area contributed by atoms with Gasteiger partial charge in [-0.3, -0.25) is 4.79 Å². The molecule has 3 N–H and O–H groups in total. The summed E-state index contributed by atoms with van der Waals surface area (Å²) in [7, 11) is 0. The summed E-state index contributed by atoms with van der Waals surface area (Å²) in [5, 5.41) is 17.2. The van der Waals surface area contributed by atoms with E-state index in [0.29, 0.717) is 0 Å². The molecule has 0 bridgehead atoms. The van der Waals surface area contributed by atoms with Crippen LogP contribution in [0.1, 0.15) is 18.1 Å². The number of carbonyl (C=O) groups excluding carboxylic acids is 3. The first-order chi connectivity index (χ1) is 14.4. The fourth-order valence-electron chi connectivity index (χ4n) is 3.02. The summed E-state index contributed by atoms with van der Waals surface area (Å²) in [5.74, 6) is -2.06. The first-order valence-electron chi connectivity index (χ1n) is 9.47. The minimum atomic E-state index is -1.41. The van der Waals surface area contributed by atoms with Crippen LogP contribution in [-0.4, -0.2) is 35.0 Å². The van der Waals surface area contributed by atoms with Crippen LogP contribution in [0, 0.1) is 0 Å². The van der Waals surface area contributed by atoms with Gasteiger partial charge in [-0.2, -0.15) is 0 Å². The quantitative estimate of drug-likeness (QED) is 0.518. The Hall–Kier alpha value is -3.81. The van der Waals surface area contributed by atoms with Crippen molar-refractivity contribution in [1.29, 1.82) is 0 Å². The van der Waals surface area contributed by atoms with Gasteiger partial charge in [0.15, 0.2) is 0 Å². The highest BCUT2D eigenvalue weighted by Gasteiger charge is 2.21. The number of carboxylic acids is 1. The molecular formula is C22H22N3O5-. The van der Waals surface area contributed by atoms with Crippen LogP contribution in [-0.2, 0) is 27.4 Å². The SMILES string of the molecule is C[C@H](NC(=O)OCc1ccccc1)C(=O)N[C@@H](Cc1c[nH]c2ccccc12)C(=O)[O-]. The Kier molecular flexibility index (Phi) is 6.69. The van der Waals surface area contributed by atoms with Crippen molar-refractivity contribution < 1.29 is 24.2 Å². The third kappa shape index (κ3) is 5.38. The number of carboxylic acid groups (broad SMARTS) is 1. The summed E-state index contributed by atoms with van der Waals surface area (Å²) in [6.45, 7) is 1.50. The molecule has 0 fully saturated rings. The van der Waals surface area contributed by atoms with Crippen LogP contribution in [0.4, 0.5) is 4.79 Å². The number of nitrogens with one attached hydrogen (secondary N) is 3. The van der Waals surface area contributed by atoms with Crippen molar-refractivity contribution in [3.8, 4) is 0 Å². The molecule has 0 saturated heterocycles. The number of aliphatic carboxylic acids is 1. The summed E-state index contributed by atoms with van der Waals surface area (Å²) < 4.78 is 5.07. The van der Waals surface area contributed by atoms with Crippen molar-refractivity contribution in [3.63, 3.8) is 0 Å². The molecule has 156 valence electrons. The molecule has 2 aromatic carbocycles. The van der Waals surface area contributed by atoms with Crippen molar-refractivity contribution in [3.05, 3.63) is 71.9 Å². The number of aromatic nitrogens is 1. The van der Waals surface area contributed by atoms with E-state index in [1.165, 1.54) is 6.92 Å². The van der Waals surface area contributed by atoms with Gasteiger partial charge < -0.3 is 30.3 Å². The fourth-order valence-corrected chi connectivity index (χ4v) is 3.02. The van der Waals surface area contributed by atoms with Crippen LogP contribution >= 0.6 is 0 Å². The number of H-pyrrole nitrogens is 1. The zero-order valence-electron chi connectivity index (χ0n) is 16.4. The zero-order chi connectivity index (χ0) is 21.5. The highest BCUT2D eigenvalue weighted by atomic mass is 16.5. The van der Waals surface area contributed by atoms with E-state index in [9.17, 15) is 19.5 Å². The monoisotopic (exact) mass is 408 g/mol. The van der Waals surface area contributed by atoms with Crippen molar-refractivity contribution in [2.75, 3.05) is 0 Å². The summed E-state index contributed by atoms with van der Waals surface area (Å²) >= 11 is 0. The molecule has 0 aliphatic rings. The molecule has 1 aromatic heterocycles. The third-order valence-corrected chi connectivity index (χ3v) is 4.64. The molecule has 8 heteroatoms. The van der Waals surface area contributed by atoms with E-state index in [0.717, 1.165) is 22.0 Å². The molecule has 0 unspecified atom stereocenters. The predicted molar refractivity (Wildman–Crippen MR) is 108 cm³/mol. The van der Waals surface area contributed by atoms with Gasteiger partial charge in [0.2, 0.25) is 5.91 Å². The van der Waals surface area contributed by atoms with E-state index < -0.39 is 30.1 Å². The molecular weight excluding hydrogens is 386 g/mol. The first-order valence-corrected chi connectivity index (χ1v) is 9.47. The largest absolute Gasteiger partial charge is 0.548 e. The number of hydrogen-bond donors (Lipinski definition) is 3. The molecule has 0 aliphatic carbocycles. The van der Waals surface area contributed by atoms with E-state index >= 15 is 0 Å². The Balaban J connectivity index is 1.55. The van der Waals surface area contributed by atoms with Gasteiger partial charge in [-0.1, -0.05) is 48.5 Å².